The van der Waals surface area contributed by atoms with Crippen LogP contribution in [0, 0.1) is 11.3 Å². The Morgan fingerprint density at radius 2 is 2.27 bits per heavy atom. The Morgan fingerprint density at radius 3 is 2.73 bits per heavy atom. The molecule has 0 saturated heterocycles. The molecule has 0 aromatic heterocycles. The Hall–Kier alpha value is -0.530. The molecule has 2 saturated carbocycles. The van der Waals surface area contributed by atoms with E-state index in [-0.39, 0.29) is 5.91 Å². The lowest BCUT2D eigenvalue weighted by atomic mass is 10.1. The van der Waals surface area contributed by atoms with Crippen LogP contribution >= 0.6 is 0 Å². The van der Waals surface area contributed by atoms with Gasteiger partial charge in [0.25, 0.3) is 0 Å². The van der Waals surface area contributed by atoms with E-state index in [1.807, 2.05) is 0 Å². The van der Waals surface area contributed by atoms with E-state index < -0.39 is 0 Å². The summed E-state index contributed by atoms with van der Waals surface area (Å²) in [4.78, 5) is 10.7. The second kappa shape index (κ2) is 1.99. The Labute approximate surface area is 67.4 Å². The van der Waals surface area contributed by atoms with E-state index in [9.17, 15) is 4.79 Å². The van der Waals surface area contributed by atoms with Crippen LogP contribution in [-0.2, 0) is 4.79 Å². The summed E-state index contributed by atoms with van der Waals surface area (Å²) in [5.74, 6) is 1.04. The Bertz CT molecular complexity index is 202. The summed E-state index contributed by atoms with van der Waals surface area (Å²) in [5, 5.41) is 2.99. The fraction of sp³-hybridized carbons (Fsp3) is 0.889. The van der Waals surface area contributed by atoms with Gasteiger partial charge in [0, 0.05) is 13.0 Å². The Balaban J connectivity index is 1.88. The molecule has 1 amide bonds. The minimum atomic E-state index is 0.125. The first-order valence-corrected chi connectivity index (χ1v) is 4.37. The average molecular weight is 153 g/mol. The van der Waals surface area contributed by atoms with Crippen molar-refractivity contribution in [2.24, 2.45) is 11.3 Å². The van der Waals surface area contributed by atoms with E-state index in [0.717, 1.165) is 5.92 Å². The summed E-state index contributed by atoms with van der Waals surface area (Å²) < 4.78 is 0. The third-order valence-electron chi connectivity index (χ3n) is 3.23. The highest BCUT2D eigenvalue weighted by Crippen LogP contribution is 2.62. The molecule has 1 N–H and O–H groups in total. The molecule has 3 unspecified atom stereocenters. The van der Waals surface area contributed by atoms with Gasteiger partial charge < -0.3 is 5.32 Å². The molecule has 0 aromatic carbocycles. The quantitative estimate of drug-likeness (QED) is 0.604. The van der Waals surface area contributed by atoms with E-state index in [1.165, 1.54) is 19.3 Å². The highest BCUT2D eigenvalue weighted by molar-refractivity contribution is 5.73. The molecular weight excluding hydrogens is 138 g/mol. The van der Waals surface area contributed by atoms with Gasteiger partial charge in [-0.3, -0.25) is 4.79 Å². The molecule has 62 valence electrons. The van der Waals surface area contributed by atoms with Gasteiger partial charge in [-0.05, 0) is 30.6 Å². The van der Waals surface area contributed by atoms with Crippen molar-refractivity contribution in [1.29, 1.82) is 0 Å². The van der Waals surface area contributed by atoms with Crippen LogP contribution in [0.15, 0.2) is 0 Å². The van der Waals surface area contributed by atoms with Gasteiger partial charge in [-0.25, -0.2) is 0 Å². The van der Waals surface area contributed by atoms with Gasteiger partial charge >= 0.3 is 0 Å². The summed E-state index contributed by atoms with van der Waals surface area (Å²) in [6, 6.07) is 0.483. The van der Waals surface area contributed by atoms with Crippen LogP contribution < -0.4 is 5.32 Å². The summed E-state index contributed by atoms with van der Waals surface area (Å²) in [6.45, 7) is 3.94. The monoisotopic (exact) mass is 153 g/mol. The van der Waals surface area contributed by atoms with E-state index in [2.05, 4.69) is 12.2 Å². The van der Waals surface area contributed by atoms with Crippen molar-refractivity contribution in [2.45, 2.75) is 39.2 Å². The van der Waals surface area contributed by atoms with Gasteiger partial charge in [-0.15, -0.1) is 0 Å². The Morgan fingerprint density at radius 1 is 1.55 bits per heavy atom. The maximum Gasteiger partial charge on any atom is 0.217 e. The van der Waals surface area contributed by atoms with Gasteiger partial charge in [0.15, 0.2) is 0 Å². The van der Waals surface area contributed by atoms with E-state index >= 15 is 0 Å². The highest BCUT2D eigenvalue weighted by atomic mass is 16.1. The van der Waals surface area contributed by atoms with Crippen LogP contribution in [0.1, 0.15) is 33.1 Å². The van der Waals surface area contributed by atoms with Gasteiger partial charge in [0.1, 0.15) is 0 Å². The van der Waals surface area contributed by atoms with E-state index in [4.69, 9.17) is 0 Å². The number of rotatable bonds is 1. The standard InChI is InChI=1S/C9H15NO/c1-6(11)10-8-3-7-4-9(7,2)5-8/h7-8H,3-5H2,1-2H3,(H,10,11). The maximum absolute atomic E-state index is 10.7. The molecule has 2 nitrogen and oxygen atoms in total. The molecule has 0 spiro atoms. The third kappa shape index (κ3) is 1.15. The molecular formula is C9H15NO. The van der Waals surface area contributed by atoms with Crippen LogP contribution in [0.3, 0.4) is 0 Å². The minimum absolute atomic E-state index is 0.125. The van der Waals surface area contributed by atoms with Crippen LogP contribution in [-0.4, -0.2) is 11.9 Å². The second-order valence-corrected chi connectivity index (χ2v) is 4.39. The number of carbonyl (C=O) groups excluding carboxylic acids is 1. The molecule has 0 aliphatic heterocycles. The topological polar surface area (TPSA) is 29.1 Å². The number of amides is 1. The zero-order valence-electron chi connectivity index (χ0n) is 7.18. The summed E-state index contributed by atoms with van der Waals surface area (Å²) in [5.41, 5.74) is 0.604. The molecule has 0 heterocycles. The number of nitrogens with one attached hydrogen (secondary N) is 1. The van der Waals surface area contributed by atoms with Gasteiger partial charge in [-0.1, -0.05) is 6.92 Å². The predicted molar refractivity (Wildman–Crippen MR) is 43.1 cm³/mol. The fourth-order valence-corrected chi connectivity index (χ4v) is 2.51. The third-order valence-corrected chi connectivity index (χ3v) is 3.23. The second-order valence-electron chi connectivity index (χ2n) is 4.39. The van der Waals surface area contributed by atoms with E-state index in [1.54, 1.807) is 6.92 Å². The zero-order valence-corrected chi connectivity index (χ0v) is 7.18. The molecule has 0 bridgehead atoms. The maximum atomic E-state index is 10.7. The first-order valence-electron chi connectivity index (χ1n) is 4.37. The predicted octanol–water partition coefficient (Wildman–Crippen LogP) is 1.31. The average Bonchev–Trinajstić information content (AvgIpc) is 2.30. The molecule has 2 aliphatic carbocycles. The number of hydrogen-bond acceptors (Lipinski definition) is 1. The zero-order chi connectivity index (χ0) is 8.06. The van der Waals surface area contributed by atoms with Crippen molar-refractivity contribution in [3.63, 3.8) is 0 Å². The smallest absolute Gasteiger partial charge is 0.217 e. The van der Waals surface area contributed by atoms with Gasteiger partial charge in [0.05, 0.1) is 0 Å². The molecule has 3 atom stereocenters. The summed E-state index contributed by atoms with van der Waals surface area (Å²) in [6.07, 6.45) is 3.82. The minimum Gasteiger partial charge on any atom is -0.354 e. The first kappa shape index (κ1) is 7.14. The first-order chi connectivity index (χ1) is 5.10. The van der Waals surface area contributed by atoms with Gasteiger partial charge in [0.2, 0.25) is 5.91 Å². The lowest BCUT2D eigenvalue weighted by Crippen LogP contribution is -2.32. The molecule has 2 rings (SSSR count). The van der Waals surface area contributed by atoms with Crippen molar-refractivity contribution in [2.75, 3.05) is 0 Å². The fourth-order valence-electron chi connectivity index (χ4n) is 2.51. The molecule has 11 heavy (non-hydrogen) atoms. The largest absolute Gasteiger partial charge is 0.354 e. The van der Waals surface area contributed by atoms with Crippen LogP contribution in [0.4, 0.5) is 0 Å². The summed E-state index contributed by atoms with van der Waals surface area (Å²) in [7, 11) is 0. The van der Waals surface area contributed by atoms with Crippen molar-refractivity contribution < 1.29 is 4.79 Å². The van der Waals surface area contributed by atoms with Crippen molar-refractivity contribution in [3.8, 4) is 0 Å². The Kier molecular flexibility index (Phi) is 1.29. The lowest BCUT2D eigenvalue weighted by molar-refractivity contribution is -0.119. The van der Waals surface area contributed by atoms with E-state index in [0.29, 0.717) is 11.5 Å². The molecule has 2 heteroatoms. The lowest BCUT2D eigenvalue weighted by Gasteiger charge is -2.13. The number of hydrogen-bond donors (Lipinski definition) is 1. The molecule has 2 aliphatic rings. The SMILES string of the molecule is CC(=O)NC1CC2CC2(C)C1. The molecule has 0 aromatic rings. The molecule has 0 radical (unpaired) electrons. The molecule has 2 fully saturated rings. The van der Waals surface area contributed by atoms with Crippen LogP contribution in [0.25, 0.3) is 0 Å². The van der Waals surface area contributed by atoms with Crippen LogP contribution in [0.5, 0.6) is 0 Å². The van der Waals surface area contributed by atoms with Crippen LogP contribution in [0.2, 0.25) is 0 Å². The highest BCUT2D eigenvalue weighted by Gasteiger charge is 2.56. The van der Waals surface area contributed by atoms with Crippen molar-refractivity contribution in [1.82, 2.24) is 5.32 Å². The normalized spacial score (nSPS) is 46.7. The number of carbonyl (C=O) groups is 1. The number of fused-ring (bicyclic) bond motifs is 1. The summed E-state index contributed by atoms with van der Waals surface area (Å²) >= 11 is 0. The van der Waals surface area contributed by atoms with Crippen molar-refractivity contribution >= 4 is 5.91 Å². The van der Waals surface area contributed by atoms with Gasteiger partial charge in [-0.2, -0.15) is 0 Å². The van der Waals surface area contributed by atoms with Crippen molar-refractivity contribution in [3.05, 3.63) is 0 Å².